The summed E-state index contributed by atoms with van der Waals surface area (Å²) in [5.41, 5.74) is 0.00395. The van der Waals surface area contributed by atoms with E-state index in [-0.39, 0.29) is 22.5 Å². The lowest BCUT2D eigenvalue weighted by molar-refractivity contribution is -0.384. The summed E-state index contributed by atoms with van der Waals surface area (Å²) in [4.78, 5) is 33.2. The number of benzene rings is 1. The number of nitro benzene ring substituents is 1. The molecule has 0 atom stereocenters. The highest BCUT2D eigenvalue weighted by Gasteiger charge is 2.19. The van der Waals surface area contributed by atoms with Gasteiger partial charge in [-0.15, -0.1) is 0 Å². The van der Waals surface area contributed by atoms with E-state index in [1.165, 1.54) is 6.20 Å². The van der Waals surface area contributed by atoms with Crippen LogP contribution in [0, 0.1) is 17.0 Å². The SMILES string of the molecule is Cc1[nH]ncc1C(=O)Nc1cc([N+](=O)[O-])ccc1C(=O)O. The van der Waals surface area contributed by atoms with Crippen LogP contribution in [0.5, 0.6) is 0 Å². The minimum absolute atomic E-state index is 0.151. The Hall–Kier alpha value is -3.23. The molecule has 0 spiro atoms. The molecule has 21 heavy (non-hydrogen) atoms. The molecular formula is C12H10N4O5. The van der Waals surface area contributed by atoms with Crippen molar-refractivity contribution >= 4 is 23.3 Å². The largest absolute Gasteiger partial charge is 0.478 e. The van der Waals surface area contributed by atoms with Crippen molar-refractivity contribution in [3.63, 3.8) is 0 Å². The Kier molecular flexibility index (Phi) is 3.65. The molecule has 108 valence electrons. The number of hydrogen-bond acceptors (Lipinski definition) is 5. The summed E-state index contributed by atoms with van der Waals surface area (Å²) < 4.78 is 0. The molecule has 2 rings (SSSR count). The maximum absolute atomic E-state index is 12.0. The van der Waals surface area contributed by atoms with E-state index in [1.54, 1.807) is 6.92 Å². The lowest BCUT2D eigenvalue weighted by atomic mass is 10.1. The van der Waals surface area contributed by atoms with Crippen molar-refractivity contribution < 1.29 is 19.6 Å². The van der Waals surface area contributed by atoms with Crippen molar-refractivity contribution in [2.75, 3.05) is 5.32 Å². The van der Waals surface area contributed by atoms with Crippen molar-refractivity contribution in [3.05, 3.63) is 51.3 Å². The number of hydrogen-bond donors (Lipinski definition) is 3. The molecule has 9 heteroatoms. The number of nitrogens with zero attached hydrogens (tertiary/aromatic N) is 2. The summed E-state index contributed by atoms with van der Waals surface area (Å²) in [5, 5.41) is 28.4. The molecule has 1 amide bonds. The van der Waals surface area contributed by atoms with Gasteiger partial charge in [-0.3, -0.25) is 20.0 Å². The molecule has 0 unspecified atom stereocenters. The van der Waals surface area contributed by atoms with Gasteiger partial charge in [-0.2, -0.15) is 5.10 Å². The summed E-state index contributed by atoms with van der Waals surface area (Å²) >= 11 is 0. The van der Waals surface area contributed by atoms with Gasteiger partial charge in [0.05, 0.1) is 27.9 Å². The van der Waals surface area contributed by atoms with Crippen LogP contribution in [0.2, 0.25) is 0 Å². The average molecular weight is 290 g/mol. The molecule has 0 aliphatic heterocycles. The minimum atomic E-state index is -1.30. The van der Waals surface area contributed by atoms with Gasteiger partial charge in [0.2, 0.25) is 0 Å². The number of amides is 1. The maximum Gasteiger partial charge on any atom is 0.337 e. The van der Waals surface area contributed by atoms with E-state index in [1.807, 2.05) is 0 Å². The smallest absolute Gasteiger partial charge is 0.337 e. The van der Waals surface area contributed by atoms with Crippen molar-refractivity contribution in [3.8, 4) is 0 Å². The van der Waals surface area contributed by atoms with Gasteiger partial charge in [0.1, 0.15) is 0 Å². The number of aryl methyl sites for hydroxylation is 1. The third-order valence-electron chi connectivity index (χ3n) is 2.77. The van der Waals surface area contributed by atoms with E-state index >= 15 is 0 Å². The maximum atomic E-state index is 12.0. The van der Waals surface area contributed by atoms with Crippen LogP contribution in [-0.4, -0.2) is 32.1 Å². The standard InChI is InChI=1S/C12H10N4O5/c1-6-9(5-13-15-6)11(17)14-10-4-7(16(20)21)2-3-8(10)12(18)19/h2-5H,1H3,(H,13,15)(H,14,17)(H,18,19). The van der Waals surface area contributed by atoms with Gasteiger partial charge in [-0.1, -0.05) is 0 Å². The number of rotatable bonds is 4. The van der Waals surface area contributed by atoms with E-state index in [0.717, 1.165) is 18.2 Å². The first kappa shape index (κ1) is 14.2. The Labute approximate surface area is 117 Å². The molecule has 0 aliphatic rings. The predicted octanol–water partition coefficient (Wildman–Crippen LogP) is 1.58. The molecule has 9 nitrogen and oxygen atoms in total. The van der Waals surface area contributed by atoms with Crippen LogP contribution in [0.4, 0.5) is 11.4 Å². The number of H-pyrrole nitrogens is 1. The number of nitro groups is 1. The Bertz CT molecular complexity index is 737. The average Bonchev–Trinajstić information content (AvgIpc) is 2.84. The van der Waals surface area contributed by atoms with Crippen LogP contribution in [-0.2, 0) is 0 Å². The third-order valence-corrected chi connectivity index (χ3v) is 2.77. The quantitative estimate of drug-likeness (QED) is 0.577. The lowest BCUT2D eigenvalue weighted by Gasteiger charge is -2.07. The van der Waals surface area contributed by atoms with Crippen molar-refractivity contribution in [1.29, 1.82) is 0 Å². The number of carbonyl (C=O) groups is 2. The van der Waals surface area contributed by atoms with Gasteiger partial charge < -0.3 is 10.4 Å². The van der Waals surface area contributed by atoms with Gasteiger partial charge in [0.25, 0.3) is 11.6 Å². The summed E-state index contributed by atoms with van der Waals surface area (Å²) in [6.45, 7) is 1.62. The molecule has 1 heterocycles. The second-order valence-corrected chi connectivity index (χ2v) is 4.15. The molecule has 3 N–H and O–H groups in total. The molecule has 0 aliphatic carbocycles. The number of carboxylic acid groups (broad SMARTS) is 1. The number of aromatic nitrogens is 2. The third kappa shape index (κ3) is 2.86. The van der Waals surface area contributed by atoms with E-state index in [4.69, 9.17) is 5.11 Å². The van der Waals surface area contributed by atoms with Gasteiger partial charge in [0.15, 0.2) is 0 Å². The fourth-order valence-electron chi connectivity index (χ4n) is 1.70. The molecule has 1 aromatic heterocycles. The van der Waals surface area contributed by atoms with E-state index < -0.39 is 16.8 Å². The highest BCUT2D eigenvalue weighted by atomic mass is 16.6. The second-order valence-electron chi connectivity index (χ2n) is 4.15. The molecule has 2 aromatic rings. The Morgan fingerprint density at radius 1 is 1.38 bits per heavy atom. The Morgan fingerprint density at radius 3 is 2.62 bits per heavy atom. The van der Waals surface area contributed by atoms with Gasteiger partial charge in [-0.25, -0.2) is 4.79 Å². The zero-order valence-electron chi connectivity index (χ0n) is 10.8. The number of non-ortho nitro benzene ring substituents is 1. The number of anilines is 1. The molecule has 0 saturated heterocycles. The molecule has 0 saturated carbocycles. The highest BCUT2D eigenvalue weighted by Crippen LogP contribution is 2.23. The monoisotopic (exact) mass is 290 g/mol. The normalized spacial score (nSPS) is 10.1. The van der Waals surface area contributed by atoms with Crippen LogP contribution in [0.3, 0.4) is 0 Å². The Morgan fingerprint density at radius 2 is 2.10 bits per heavy atom. The van der Waals surface area contributed by atoms with Crippen LogP contribution in [0.1, 0.15) is 26.4 Å². The first-order valence-electron chi connectivity index (χ1n) is 5.73. The zero-order valence-corrected chi connectivity index (χ0v) is 10.8. The van der Waals surface area contributed by atoms with Gasteiger partial charge in [-0.05, 0) is 13.0 Å². The highest BCUT2D eigenvalue weighted by molar-refractivity contribution is 6.08. The van der Waals surface area contributed by atoms with Crippen molar-refractivity contribution in [2.45, 2.75) is 6.92 Å². The Balaban J connectivity index is 2.39. The summed E-state index contributed by atoms with van der Waals surface area (Å²) in [6.07, 6.45) is 1.28. The lowest BCUT2D eigenvalue weighted by Crippen LogP contribution is -2.15. The van der Waals surface area contributed by atoms with E-state index in [0.29, 0.717) is 5.69 Å². The van der Waals surface area contributed by atoms with Crippen molar-refractivity contribution in [1.82, 2.24) is 10.2 Å². The number of aromatic carboxylic acids is 1. The predicted molar refractivity (Wildman–Crippen MR) is 71.3 cm³/mol. The first-order chi connectivity index (χ1) is 9.90. The van der Waals surface area contributed by atoms with Gasteiger partial charge >= 0.3 is 5.97 Å². The van der Waals surface area contributed by atoms with Crippen LogP contribution < -0.4 is 5.32 Å². The second kappa shape index (κ2) is 5.41. The fourth-order valence-corrected chi connectivity index (χ4v) is 1.70. The van der Waals surface area contributed by atoms with Crippen molar-refractivity contribution in [2.24, 2.45) is 0 Å². The molecule has 0 fully saturated rings. The van der Waals surface area contributed by atoms with Crippen LogP contribution in [0.15, 0.2) is 24.4 Å². The zero-order chi connectivity index (χ0) is 15.6. The summed E-state index contributed by atoms with van der Waals surface area (Å²) in [6, 6.07) is 3.12. The van der Waals surface area contributed by atoms with Crippen LogP contribution >= 0.6 is 0 Å². The summed E-state index contributed by atoms with van der Waals surface area (Å²) in [7, 11) is 0. The number of carboxylic acids is 1. The molecule has 0 radical (unpaired) electrons. The number of carbonyl (C=O) groups excluding carboxylic acids is 1. The van der Waals surface area contributed by atoms with E-state index in [2.05, 4.69) is 15.5 Å². The van der Waals surface area contributed by atoms with E-state index in [9.17, 15) is 19.7 Å². The molecule has 1 aromatic carbocycles. The summed E-state index contributed by atoms with van der Waals surface area (Å²) in [5.74, 6) is -1.91. The molecular weight excluding hydrogens is 280 g/mol. The topological polar surface area (TPSA) is 138 Å². The fraction of sp³-hybridized carbons (Fsp3) is 0.0833. The number of aromatic amines is 1. The van der Waals surface area contributed by atoms with Crippen LogP contribution in [0.25, 0.3) is 0 Å². The molecule has 0 bridgehead atoms. The first-order valence-corrected chi connectivity index (χ1v) is 5.73. The van der Waals surface area contributed by atoms with Gasteiger partial charge in [0, 0.05) is 17.8 Å². The minimum Gasteiger partial charge on any atom is -0.478 e. The number of nitrogens with one attached hydrogen (secondary N) is 2.